The van der Waals surface area contributed by atoms with Crippen molar-refractivity contribution in [3.63, 3.8) is 0 Å². The van der Waals surface area contributed by atoms with Gasteiger partial charge in [-0.05, 0) is 103 Å². The molecule has 8 aromatic carbocycles. The number of rotatable bonds is 10. The zero-order valence-corrected chi connectivity index (χ0v) is 46.3. The third kappa shape index (κ3) is 9.37. The van der Waals surface area contributed by atoms with Crippen LogP contribution in [-0.2, 0) is 42.7 Å². The van der Waals surface area contributed by atoms with Crippen molar-refractivity contribution in [3.8, 4) is 28.4 Å². The quantitative estimate of drug-likeness (QED) is 0.128. The molecule has 0 amide bonds. The van der Waals surface area contributed by atoms with Crippen LogP contribution in [0.2, 0.25) is 0 Å². The summed E-state index contributed by atoms with van der Waals surface area (Å²) in [7, 11) is 0. The minimum absolute atomic E-state index is 0. The molecule has 11 rings (SSSR count). The average molecular weight is 1150 g/mol. The van der Waals surface area contributed by atoms with Crippen molar-refractivity contribution in [1.29, 1.82) is 0 Å². The second kappa shape index (κ2) is 19.3. The van der Waals surface area contributed by atoms with Gasteiger partial charge in [0.1, 0.15) is 5.82 Å². The Morgan fingerprint density at radius 2 is 1.05 bits per heavy atom. The van der Waals surface area contributed by atoms with E-state index in [0.717, 1.165) is 55.9 Å². The van der Waals surface area contributed by atoms with E-state index in [0.29, 0.717) is 11.5 Å². The van der Waals surface area contributed by atoms with Gasteiger partial charge in [-0.2, -0.15) is 12.1 Å². The number of aromatic nitrogens is 2. The fourth-order valence-corrected chi connectivity index (χ4v) is 10.3. The van der Waals surface area contributed by atoms with Gasteiger partial charge in [0.2, 0.25) is 0 Å². The summed E-state index contributed by atoms with van der Waals surface area (Å²) < 4.78 is 9.05. The Morgan fingerprint density at radius 1 is 0.446 bits per heavy atom. The van der Waals surface area contributed by atoms with Crippen molar-refractivity contribution >= 4 is 44.6 Å². The molecule has 0 bridgehead atoms. The number of hydrogen-bond acceptors (Lipinski definition) is 4. The molecule has 374 valence electrons. The summed E-state index contributed by atoms with van der Waals surface area (Å²) >= 11 is 0. The van der Waals surface area contributed by atoms with Crippen molar-refractivity contribution in [2.75, 3.05) is 9.80 Å². The maximum absolute atomic E-state index is 6.82. The van der Waals surface area contributed by atoms with Gasteiger partial charge >= 0.3 is 0 Å². The molecule has 1 aliphatic heterocycles. The molecule has 2 aromatic heterocycles. The molecule has 5 nitrogen and oxygen atoms in total. The first-order chi connectivity index (χ1) is 34.9. The van der Waals surface area contributed by atoms with Gasteiger partial charge in [-0.3, -0.25) is 0 Å². The molecule has 3 heterocycles. The molecule has 0 saturated carbocycles. The van der Waals surface area contributed by atoms with Gasteiger partial charge in [0.05, 0.1) is 0 Å². The monoisotopic (exact) mass is 1150 g/mol. The van der Waals surface area contributed by atoms with E-state index in [4.69, 9.17) is 9.72 Å². The Balaban J connectivity index is 0.00000626. The van der Waals surface area contributed by atoms with Crippen molar-refractivity contribution in [3.05, 3.63) is 246 Å². The smallest absolute Gasteiger partial charge is 0.135 e. The Bertz CT molecular complexity index is 3630. The van der Waals surface area contributed by atoms with E-state index in [-0.39, 0.29) is 42.7 Å². The first-order valence-electron chi connectivity index (χ1n) is 25.5. The van der Waals surface area contributed by atoms with Crippen molar-refractivity contribution in [2.45, 2.75) is 90.9 Å². The topological polar surface area (TPSA) is 33.5 Å². The van der Waals surface area contributed by atoms with Gasteiger partial charge in [0, 0.05) is 72.2 Å². The van der Waals surface area contributed by atoms with Gasteiger partial charge in [0.15, 0.2) is 0 Å². The number of ether oxygens (including phenoxy) is 1. The van der Waals surface area contributed by atoms with Crippen LogP contribution in [0.25, 0.3) is 38.8 Å². The van der Waals surface area contributed by atoms with E-state index in [9.17, 15) is 0 Å². The van der Waals surface area contributed by atoms with E-state index < -0.39 is 0 Å². The van der Waals surface area contributed by atoms with E-state index in [1.165, 1.54) is 38.9 Å². The summed E-state index contributed by atoms with van der Waals surface area (Å²) in [5, 5.41) is 2.18. The van der Waals surface area contributed by atoms with Crippen LogP contribution in [0.1, 0.15) is 103 Å². The second-order valence-electron chi connectivity index (χ2n) is 22.7. The predicted molar refractivity (Wildman–Crippen MR) is 304 cm³/mol. The average Bonchev–Trinajstić information content (AvgIpc) is 3.94. The van der Waals surface area contributed by atoms with E-state index in [1.54, 1.807) is 0 Å². The van der Waals surface area contributed by atoms with Crippen LogP contribution in [0.3, 0.4) is 0 Å². The number of pyridine rings is 1. The largest absolute Gasteiger partial charge is 0.509 e. The van der Waals surface area contributed by atoms with Crippen LogP contribution >= 0.6 is 0 Å². The van der Waals surface area contributed by atoms with Crippen LogP contribution in [0.15, 0.2) is 194 Å². The van der Waals surface area contributed by atoms with Crippen LogP contribution in [0.5, 0.6) is 11.5 Å². The first kappa shape index (κ1) is 50.3. The Morgan fingerprint density at radius 3 is 1.69 bits per heavy atom. The zero-order valence-electron chi connectivity index (χ0n) is 44.1. The van der Waals surface area contributed by atoms with Gasteiger partial charge in [0.25, 0.3) is 0 Å². The van der Waals surface area contributed by atoms with Gasteiger partial charge in [-0.25, -0.2) is 4.98 Å². The molecule has 1 aliphatic rings. The van der Waals surface area contributed by atoms with E-state index in [2.05, 4.69) is 272 Å². The number of anilines is 4. The van der Waals surface area contributed by atoms with Crippen molar-refractivity contribution in [1.82, 2.24) is 9.55 Å². The van der Waals surface area contributed by atoms with Crippen LogP contribution < -0.4 is 14.5 Å². The molecular weight excluding hydrogens is 1080 g/mol. The summed E-state index contributed by atoms with van der Waals surface area (Å²) in [4.78, 5) is 9.64. The van der Waals surface area contributed by atoms with E-state index >= 15 is 0 Å². The SMILES string of the molecule is CC(C)(C)c1cc(N2[CH-]N(c3[c-]c(Oc4[c-]c5c(cc4)c4cc(-c6ccccc6)ccc4n5-c4cc(C(C)(C)c5ccccc5)ccn4)ccc3)c3ccc(C(C)(C)c4ccccc4)cc32)cc(C(C)(C)C)c1.[Pt]. The van der Waals surface area contributed by atoms with Gasteiger partial charge in [-0.15, -0.1) is 48.1 Å². The molecule has 0 radical (unpaired) electrons. The van der Waals surface area contributed by atoms with E-state index in [1.807, 2.05) is 24.4 Å². The van der Waals surface area contributed by atoms with Crippen molar-refractivity contribution < 1.29 is 25.8 Å². The number of benzene rings is 8. The number of nitrogens with zero attached hydrogens (tertiary/aromatic N) is 4. The summed E-state index contributed by atoms with van der Waals surface area (Å²) in [6.45, 7) is 25.2. The molecule has 10 aromatic rings. The maximum atomic E-state index is 6.82. The molecule has 74 heavy (non-hydrogen) atoms. The predicted octanol–water partition coefficient (Wildman–Crippen LogP) is 17.9. The third-order valence-corrected chi connectivity index (χ3v) is 15.1. The fourth-order valence-electron chi connectivity index (χ4n) is 10.3. The van der Waals surface area contributed by atoms with Crippen LogP contribution in [0, 0.1) is 18.8 Å². The first-order valence-corrected chi connectivity index (χ1v) is 25.5. The molecule has 0 fully saturated rings. The molecule has 0 aliphatic carbocycles. The summed E-state index contributed by atoms with van der Waals surface area (Å²) in [6.07, 6.45) is 1.93. The molecule has 0 saturated heterocycles. The van der Waals surface area contributed by atoms with Gasteiger partial charge in [-0.1, -0.05) is 190 Å². The fraction of sp³-hybridized carbons (Fsp3) is 0.206. The Hall–Kier alpha value is -7.20. The molecule has 0 atom stereocenters. The minimum Gasteiger partial charge on any atom is -0.509 e. The zero-order chi connectivity index (χ0) is 50.9. The summed E-state index contributed by atoms with van der Waals surface area (Å²) in [5.41, 5.74) is 15.4. The molecule has 0 spiro atoms. The molecule has 6 heteroatoms. The Labute approximate surface area is 452 Å². The standard InChI is InChI=1S/C68H63N4O.Pt/c1-65(2,3)52-38-53(66(4,5)6)40-55(39-52)71-45-70(61-34-30-50(41-63(61)71)67(7,8)48-23-16-12-17-24-48)54-27-20-28-56(43-54)73-57-31-32-58-59-37-47(46-21-14-11-15-22-46)29-33-60(59)72(62(58)44-57)64-42-51(35-36-69-64)68(9,10)49-25-18-13-19-26-49;/h11-42,45H,1-10H3;/q-3;. The van der Waals surface area contributed by atoms with Gasteiger partial charge < -0.3 is 19.1 Å². The number of fused-ring (bicyclic) bond motifs is 4. The second-order valence-corrected chi connectivity index (χ2v) is 22.7. The summed E-state index contributed by atoms with van der Waals surface area (Å²) in [6, 6.07) is 74.8. The molecule has 0 N–H and O–H groups in total. The molecule has 0 unspecified atom stereocenters. The number of hydrogen-bond donors (Lipinski definition) is 0. The maximum Gasteiger partial charge on any atom is 0.135 e. The third-order valence-electron chi connectivity index (χ3n) is 15.1. The van der Waals surface area contributed by atoms with Crippen molar-refractivity contribution in [2.24, 2.45) is 0 Å². The summed E-state index contributed by atoms with van der Waals surface area (Å²) in [5.74, 6) is 2.00. The molecular formula is C68H63N4OPt-3. The Kier molecular flexibility index (Phi) is 13.1. The van der Waals surface area contributed by atoms with Crippen LogP contribution in [-0.4, -0.2) is 9.55 Å². The van der Waals surface area contributed by atoms with Crippen LogP contribution in [0.4, 0.5) is 22.7 Å². The normalized spacial score (nSPS) is 13.1. The minimum atomic E-state index is -0.256.